The molecule has 21 heavy (non-hydrogen) atoms. The van der Waals surface area contributed by atoms with Crippen LogP contribution in [0.4, 0.5) is 0 Å². The lowest BCUT2D eigenvalue weighted by atomic mass is 9.79. The molecule has 1 fully saturated rings. The zero-order valence-electron chi connectivity index (χ0n) is 13.8. The van der Waals surface area contributed by atoms with Gasteiger partial charge in [0.05, 0.1) is 5.25 Å². The van der Waals surface area contributed by atoms with E-state index in [9.17, 15) is 4.21 Å². The van der Waals surface area contributed by atoms with Crippen molar-refractivity contribution >= 4 is 10.8 Å². The molecule has 4 unspecified atom stereocenters. The second-order valence-corrected chi connectivity index (χ2v) is 8.42. The van der Waals surface area contributed by atoms with E-state index in [4.69, 9.17) is 0 Å². The molecule has 1 saturated carbocycles. The molecule has 0 heterocycles. The van der Waals surface area contributed by atoms with Crippen molar-refractivity contribution in [1.82, 2.24) is 5.32 Å². The van der Waals surface area contributed by atoms with Crippen LogP contribution in [0.3, 0.4) is 0 Å². The van der Waals surface area contributed by atoms with Crippen LogP contribution in [0.25, 0.3) is 0 Å². The zero-order chi connectivity index (χ0) is 15.4. The van der Waals surface area contributed by atoms with Gasteiger partial charge >= 0.3 is 0 Å². The SMILES string of the molecule is CNC1CCC(C(C)C)CC1S(=O)Cc1cccc(C)c1. The molecular formula is C18H29NOS. The number of benzene rings is 1. The first-order valence-corrected chi connectivity index (χ1v) is 9.49. The van der Waals surface area contributed by atoms with Gasteiger partial charge in [0.2, 0.25) is 0 Å². The van der Waals surface area contributed by atoms with E-state index in [-0.39, 0.29) is 5.25 Å². The van der Waals surface area contributed by atoms with Gasteiger partial charge in [-0.1, -0.05) is 43.7 Å². The zero-order valence-corrected chi connectivity index (χ0v) is 14.6. The van der Waals surface area contributed by atoms with Crippen molar-refractivity contribution in [1.29, 1.82) is 0 Å². The van der Waals surface area contributed by atoms with E-state index < -0.39 is 10.8 Å². The third-order valence-corrected chi connectivity index (χ3v) is 6.69. The lowest BCUT2D eigenvalue weighted by Gasteiger charge is -2.37. The van der Waals surface area contributed by atoms with Crippen LogP contribution >= 0.6 is 0 Å². The van der Waals surface area contributed by atoms with Crippen LogP contribution in [0, 0.1) is 18.8 Å². The summed E-state index contributed by atoms with van der Waals surface area (Å²) in [5.74, 6) is 2.11. The molecule has 1 aromatic carbocycles. The largest absolute Gasteiger partial charge is 0.316 e. The van der Waals surface area contributed by atoms with Crippen molar-refractivity contribution in [2.24, 2.45) is 11.8 Å². The molecule has 0 amide bonds. The Labute approximate surface area is 132 Å². The maximum absolute atomic E-state index is 12.9. The van der Waals surface area contributed by atoms with Gasteiger partial charge in [0.25, 0.3) is 0 Å². The Morgan fingerprint density at radius 2 is 2.10 bits per heavy atom. The first-order chi connectivity index (χ1) is 10.0. The van der Waals surface area contributed by atoms with Crippen LogP contribution in [0.15, 0.2) is 24.3 Å². The highest BCUT2D eigenvalue weighted by atomic mass is 32.2. The van der Waals surface area contributed by atoms with Gasteiger partial charge in [-0.05, 0) is 50.6 Å². The summed E-state index contributed by atoms with van der Waals surface area (Å²) in [7, 11) is 1.22. The van der Waals surface area contributed by atoms with Crippen LogP contribution in [-0.4, -0.2) is 22.5 Å². The highest BCUT2D eigenvalue weighted by Gasteiger charge is 2.34. The van der Waals surface area contributed by atoms with E-state index in [0.29, 0.717) is 17.7 Å². The molecule has 118 valence electrons. The monoisotopic (exact) mass is 307 g/mol. The minimum absolute atomic E-state index is 0.289. The molecule has 3 heteroatoms. The molecule has 0 spiro atoms. The molecule has 1 aromatic rings. The van der Waals surface area contributed by atoms with Gasteiger partial charge < -0.3 is 5.32 Å². The number of rotatable bonds is 5. The molecule has 2 rings (SSSR count). The summed E-state index contributed by atoms with van der Waals surface area (Å²) < 4.78 is 12.9. The maximum Gasteiger partial charge on any atom is 0.0507 e. The number of hydrogen-bond donors (Lipinski definition) is 1. The summed E-state index contributed by atoms with van der Waals surface area (Å²) in [6.45, 7) is 6.69. The lowest BCUT2D eigenvalue weighted by Crippen LogP contribution is -2.45. The van der Waals surface area contributed by atoms with Gasteiger partial charge in [-0.2, -0.15) is 0 Å². The van der Waals surface area contributed by atoms with E-state index in [1.54, 1.807) is 0 Å². The highest BCUT2D eigenvalue weighted by Crippen LogP contribution is 2.33. The normalized spacial score (nSPS) is 27.8. The Balaban J connectivity index is 2.07. The maximum atomic E-state index is 12.9. The van der Waals surface area contributed by atoms with Crippen LogP contribution in [0.5, 0.6) is 0 Å². The smallest absolute Gasteiger partial charge is 0.0507 e. The minimum atomic E-state index is -0.795. The Kier molecular flexibility index (Phi) is 6.00. The fraction of sp³-hybridized carbons (Fsp3) is 0.667. The van der Waals surface area contributed by atoms with E-state index in [0.717, 1.165) is 18.8 Å². The first kappa shape index (κ1) is 16.7. The van der Waals surface area contributed by atoms with Crippen molar-refractivity contribution < 1.29 is 4.21 Å². The van der Waals surface area contributed by atoms with Crippen molar-refractivity contribution in [3.8, 4) is 0 Å². The highest BCUT2D eigenvalue weighted by molar-refractivity contribution is 7.84. The van der Waals surface area contributed by atoms with Crippen LogP contribution in [0.1, 0.15) is 44.2 Å². The fourth-order valence-electron chi connectivity index (χ4n) is 3.46. The van der Waals surface area contributed by atoms with Gasteiger partial charge in [-0.3, -0.25) is 4.21 Å². The van der Waals surface area contributed by atoms with Crippen molar-refractivity contribution in [3.05, 3.63) is 35.4 Å². The number of aryl methyl sites for hydroxylation is 1. The third-order valence-electron chi connectivity index (χ3n) is 4.87. The quantitative estimate of drug-likeness (QED) is 0.899. The molecule has 1 N–H and O–H groups in total. The topological polar surface area (TPSA) is 29.1 Å². The van der Waals surface area contributed by atoms with Gasteiger partial charge in [0, 0.05) is 22.6 Å². The van der Waals surface area contributed by atoms with E-state index in [2.05, 4.69) is 50.4 Å². The lowest BCUT2D eigenvalue weighted by molar-refractivity contribution is 0.249. The summed E-state index contributed by atoms with van der Waals surface area (Å²) in [5.41, 5.74) is 2.45. The second-order valence-electron chi connectivity index (χ2n) is 6.76. The van der Waals surface area contributed by atoms with Crippen LogP contribution in [-0.2, 0) is 16.6 Å². The summed E-state index contributed by atoms with van der Waals surface area (Å²) >= 11 is 0. The Bertz CT molecular complexity index is 486. The van der Waals surface area contributed by atoms with Gasteiger partial charge in [0.1, 0.15) is 0 Å². The van der Waals surface area contributed by atoms with Crippen LogP contribution < -0.4 is 5.32 Å². The average molecular weight is 308 g/mol. The molecule has 0 radical (unpaired) electrons. The Morgan fingerprint density at radius 1 is 1.33 bits per heavy atom. The molecule has 1 aliphatic rings. The van der Waals surface area contributed by atoms with Gasteiger partial charge in [0.15, 0.2) is 0 Å². The molecule has 0 aliphatic heterocycles. The summed E-state index contributed by atoms with van der Waals surface area (Å²) in [6.07, 6.45) is 3.52. The van der Waals surface area contributed by atoms with E-state index >= 15 is 0 Å². The Hall–Kier alpha value is -0.670. The molecule has 0 saturated heterocycles. The summed E-state index contributed by atoms with van der Waals surface area (Å²) in [6, 6.07) is 8.83. The van der Waals surface area contributed by atoms with E-state index in [1.807, 2.05) is 7.05 Å². The predicted octanol–water partition coefficient (Wildman–Crippen LogP) is 3.66. The fourth-order valence-corrected chi connectivity index (χ4v) is 5.28. The molecule has 2 nitrogen and oxygen atoms in total. The molecule has 0 bridgehead atoms. The van der Waals surface area contributed by atoms with Crippen molar-refractivity contribution in [2.45, 2.75) is 57.1 Å². The van der Waals surface area contributed by atoms with Crippen molar-refractivity contribution in [2.75, 3.05) is 7.05 Å². The molecular weight excluding hydrogens is 278 g/mol. The summed E-state index contributed by atoms with van der Waals surface area (Å²) in [5, 5.41) is 3.69. The van der Waals surface area contributed by atoms with E-state index in [1.165, 1.54) is 17.5 Å². The third kappa shape index (κ3) is 4.40. The average Bonchev–Trinajstić information content (AvgIpc) is 2.46. The van der Waals surface area contributed by atoms with Gasteiger partial charge in [-0.15, -0.1) is 0 Å². The minimum Gasteiger partial charge on any atom is -0.316 e. The second kappa shape index (κ2) is 7.55. The molecule has 0 aromatic heterocycles. The predicted molar refractivity (Wildman–Crippen MR) is 91.8 cm³/mol. The first-order valence-electron chi connectivity index (χ1n) is 8.11. The Morgan fingerprint density at radius 3 is 2.71 bits per heavy atom. The molecule has 1 aliphatic carbocycles. The standard InChI is InChI=1S/C18H29NOS/c1-13(2)16-8-9-17(19-4)18(11-16)21(20)12-15-7-5-6-14(3)10-15/h5-7,10,13,16-19H,8-9,11-12H2,1-4H3. The number of nitrogens with one attached hydrogen (secondary N) is 1. The van der Waals surface area contributed by atoms with Gasteiger partial charge in [-0.25, -0.2) is 0 Å². The number of hydrogen-bond acceptors (Lipinski definition) is 2. The molecule has 4 atom stereocenters. The summed E-state index contributed by atoms with van der Waals surface area (Å²) in [4.78, 5) is 0. The van der Waals surface area contributed by atoms with Crippen molar-refractivity contribution in [3.63, 3.8) is 0 Å². The van der Waals surface area contributed by atoms with Crippen LogP contribution in [0.2, 0.25) is 0 Å².